The van der Waals surface area contributed by atoms with Gasteiger partial charge in [0.2, 0.25) is 5.91 Å². The van der Waals surface area contributed by atoms with Crippen molar-refractivity contribution < 1.29 is 23.0 Å². The highest BCUT2D eigenvalue weighted by atomic mass is 19.3. The summed E-state index contributed by atoms with van der Waals surface area (Å²) >= 11 is 0. The lowest BCUT2D eigenvalue weighted by atomic mass is 10.2. The van der Waals surface area contributed by atoms with Gasteiger partial charge in [0.15, 0.2) is 17.5 Å². The van der Waals surface area contributed by atoms with Crippen molar-refractivity contribution in [3.63, 3.8) is 0 Å². The molecule has 0 saturated heterocycles. The molecule has 0 atom stereocenters. The number of halogens is 2. The van der Waals surface area contributed by atoms with Crippen molar-refractivity contribution in [2.45, 2.75) is 58.2 Å². The van der Waals surface area contributed by atoms with Crippen LogP contribution in [0.3, 0.4) is 0 Å². The third kappa shape index (κ3) is 7.75. The summed E-state index contributed by atoms with van der Waals surface area (Å²) in [4.78, 5) is 16.1. The molecule has 1 aliphatic carbocycles. The number of guanidine groups is 1. The molecular weight excluding hydrogens is 382 g/mol. The molecular formula is C20H30F2N4O3. The summed E-state index contributed by atoms with van der Waals surface area (Å²) in [7, 11) is 1.60. The quantitative estimate of drug-likeness (QED) is 0.407. The fraction of sp³-hybridized carbons (Fsp3) is 0.600. The zero-order chi connectivity index (χ0) is 21.1. The Bertz CT molecular complexity index is 680. The van der Waals surface area contributed by atoms with E-state index in [0.717, 1.165) is 12.8 Å². The Balaban J connectivity index is 1.85. The first-order valence-electron chi connectivity index (χ1n) is 9.96. The van der Waals surface area contributed by atoms with Gasteiger partial charge < -0.3 is 25.4 Å². The number of ether oxygens (including phenoxy) is 2. The molecule has 1 aliphatic rings. The van der Waals surface area contributed by atoms with E-state index in [1.807, 2.05) is 0 Å². The van der Waals surface area contributed by atoms with Crippen LogP contribution in [0.2, 0.25) is 0 Å². The third-order valence-corrected chi connectivity index (χ3v) is 4.60. The standard InChI is InChI=1S/C20H30F2N4O3/c1-3-28-16-10-6-7-14(18(16)29-19(21)22)13-25-20(23-2)24-12-11-17(27)26-15-8-4-5-9-15/h6-7,10,15,19H,3-5,8-9,11-13H2,1-2H3,(H,26,27)(H2,23,24,25). The number of hydrogen-bond donors (Lipinski definition) is 3. The smallest absolute Gasteiger partial charge is 0.387 e. The van der Waals surface area contributed by atoms with E-state index >= 15 is 0 Å². The summed E-state index contributed by atoms with van der Waals surface area (Å²) in [5, 5.41) is 9.13. The maximum atomic E-state index is 12.8. The average Bonchev–Trinajstić information content (AvgIpc) is 3.19. The lowest BCUT2D eigenvalue weighted by Gasteiger charge is -2.17. The zero-order valence-corrected chi connectivity index (χ0v) is 17.0. The molecule has 0 aliphatic heterocycles. The first kappa shape index (κ1) is 22.7. The second-order valence-electron chi connectivity index (χ2n) is 6.71. The molecule has 1 fully saturated rings. The maximum Gasteiger partial charge on any atom is 0.387 e. The van der Waals surface area contributed by atoms with E-state index in [1.54, 1.807) is 32.2 Å². The summed E-state index contributed by atoms with van der Waals surface area (Å²) in [5.41, 5.74) is 0.512. The molecule has 0 aromatic heterocycles. The summed E-state index contributed by atoms with van der Waals surface area (Å²) in [5.74, 6) is 0.738. The number of alkyl halides is 2. The van der Waals surface area contributed by atoms with Gasteiger partial charge in [-0.2, -0.15) is 8.78 Å². The molecule has 0 heterocycles. The molecule has 7 nitrogen and oxygen atoms in total. The van der Waals surface area contributed by atoms with Crippen LogP contribution in [0, 0.1) is 0 Å². The van der Waals surface area contributed by atoms with Crippen molar-refractivity contribution in [1.82, 2.24) is 16.0 Å². The lowest BCUT2D eigenvalue weighted by molar-refractivity contribution is -0.121. The van der Waals surface area contributed by atoms with Gasteiger partial charge in [0.25, 0.3) is 0 Å². The van der Waals surface area contributed by atoms with Crippen molar-refractivity contribution in [1.29, 1.82) is 0 Å². The fourth-order valence-corrected chi connectivity index (χ4v) is 3.26. The lowest BCUT2D eigenvalue weighted by Crippen LogP contribution is -2.40. The van der Waals surface area contributed by atoms with E-state index in [0.29, 0.717) is 37.1 Å². The molecule has 3 N–H and O–H groups in total. The largest absolute Gasteiger partial charge is 0.490 e. The second-order valence-corrected chi connectivity index (χ2v) is 6.71. The predicted octanol–water partition coefficient (Wildman–Crippen LogP) is 2.80. The van der Waals surface area contributed by atoms with Crippen LogP contribution in [0.1, 0.15) is 44.6 Å². The first-order chi connectivity index (χ1) is 14.0. The predicted molar refractivity (Wildman–Crippen MR) is 107 cm³/mol. The minimum absolute atomic E-state index is 0.00300. The number of aliphatic imine (C=N–C) groups is 1. The molecule has 1 aromatic rings. The molecule has 0 radical (unpaired) electrons. The summed E-state index contributed by atoms with van der Waals surface area (Å²) in [6.45, 7) is -0.228. The first-order valence-corrected chi connectivity index (χ1v) is 9.96. The van der Waals surface area contributed by atoms with Crippen LogP contribution in [0.25, 0.3) is 0 Å². The van der Waals surface area contributed by atoms with Crippen LogP contribution in [0.15, 0.2) is 23.2 Å². The number of hydrogen-bond acceptors (Lipinski definition) is 4. The summed E-state index contributed by atoms with van der Waals surface area (Å²) < 4.78 is 35.6. The van der Waals surface area contributed by atoms with Gasteiger partial charge in [0.1, 0.15) is 0 Å². The van der Waals surface area contributed by atoms with Crippen molar-refractivity contribution in [2.24, 2.45) is 4.99 Å². The highest BCUT2D eigenvalue weighted by Gasteiger charge is 2.17. The Morgan fingerprint density at radius 2 is 2.03 bits per heavy atom. The number of benzene rings is 1. The number of rotatable bonds is 10. The van der Waals surface area contributed by atoms with Crippen molar-refractivity contribution in [2.75, 3.05) is 20.2 Å². The van der Waals surface area contributed by atoms with Gasteiger partial charge in [0, 0.05) is 38.2 Å². The molecule has 1 aromatic carbocycles. The molecule has 1 amide bonds. The Labute approximate surface area is 170 Å². The van der Waals surface area contributed by atoms with Crippen LogP contribution in [-0.2, 0) is 11.3 Å². The van der Waals surface area contributed by atoms with Gasteiger partial charge in [-0.1, -0.05) is 25.0 Å². The number of amides is 1. The van der Waals surface area contributed by atoms with E-state index in [4.69, 9.17) is 4.74 Å². The Hall–Kier alpha value is -2.58. The van der Waals surface area contributed by atoms with Crippen LogP contribution >= 0.6 is 0 Å². The van der Waals surface area contributed by atoms with Crippen molar-refractivity contribution >= 4 is 11.9 Å². The van der Waals surface area contributed by atoms with Crippen molar-refractivity contribution in [3.05, 3.63) is 23.8 Å². The Morgan fingerprint density at radius 1 is 1.28 bits per heavy atom. The van der Waals surface area contributed by atoms with E-state index in [9.17, 15) is 13.6 Å². The summed E-state index contributed by atoms with van der Waals surface area (Å²) in [6.07, 6.45) is 4.76. The number of nitrogens with one attached hydrogen (secondary N) is 3. The van der Waals surface area contributed by atoms with Gasteiger partial charge in [-0.15, -0.1) is 0 Å². The van der Waals surface area contributed by atoms with Crippen LogP contribution in [0.4, 0.5) is 8.78 Å². The Morgan fingerprint density at radius 3 is 2.69 bits per heavy atom. The Kier molecular flexibility index (Phi) is 9.46. The number of nitrogens with zero attached hydrogens (tertiary/aromatic N) is 1. The molecule has 1 saturated carbocycles. The van der Waals surface area contributed by atoms with E-state index < -0.39 is 6.61 Å². The molecule has 2 rings (SSSR count). The molecule has 0 spiro atoms. The number of carbonyl (C=O) groups excluding carboxylic acids is 1. The van der Waals surface area contributed by atoms with Crippen LogP contribution in [-0.4, -0.2) is 44.7 Å². The van der Waals surface area contributed by atoms with Crippen LogP contribution in [0.5, 0.6) is 11.5 Å². The van der Waals surface area contributed by atoms with Gasteiger partial charge in [-0.05, 0) is 25.8 Å². The van der Waals surface area contributed by atoms with Crippen molar-refractivity contribution in [3.8, 4) is 11.5 Å². The van der Waals surface area contributed by atoms with Gasteiger partial charge in [-0.3, -0.25) is 9.79 Å². The highest BCUT2D eigenvalue weighted by molar-refractivity contribution is 5.81. The average molecular weight is 412 g/mol. The van der Waals surface area contributed by atoms with Gasteiger partial charge in [-0.25, -0.2) is 0 Å². The topological polar surface area (TPSA) is 84.0 Å². The minimum atomic E-state index is -2.95. The normalized spacial score (nSPS) is 14.7. The number of para-hydroxylation sites is 1. The van der Waals surface area contributed by atoms with E-state index in [-0.39, 0.29) is 24.0 Å². The molecule has 0 unspecified atom stereocenters. The van der Waals surface area contributed by atoms with Gasteiger partial charge >= 0.3 is 6.61 Å². The second kappa shape index (κ2) is 12.1. The fourth-order valence-electron chi connectivity index (χ4n) is 3.26. The highest BCUT2D eigenvalue weighted by Crippen LogP contribution is 2.32. The monoisotopic (exact) mass is 412 g/mol. The molecule has 162 valence electrons. The van der Waals surface area contributed by atoms with Crippen LogP contribution < -0.4 is 25.4 Å². The maximum absolute atomic E-state index is 12.8. The van der Waals surface area contributed by atoms with E-state index in [1.165, 1.54) is 12.8 Å². The van der Waals surface area contributed by atoms with Gasteiger partial charge in [0.05, 0.1) is 6.61 Å². The van der Waals surface area contributed by atoms with E-state index in [2.05, 4.69) is 25.7 Å². The molecule has 9 heteroatoms. The summed E-state index contributed by atoms with van der Waals surface area (Å²) in [6, 6.07) is 5.27. The SMILES string of the molecule is CCOc1cccc(CNC(=NC)NCCC(=O)NC2CCCC2)c1OC(F)F. The minimum Gasteiger partial charge on any atom is -0.490 e. The molecule has 0 bridgehead atoms. The zero-order valence-electron chi connectivity index (χ0n) is 17.0. The number of carbonyl (C=O) groups is 1. The third-order valence-electron chi connectivity index (χ3n) is 4.60. The molecule has 29 heavy (non-hydrogen) atoms.